The molecule has 0 fully saturated rings. The van der Waals surface area contributed by atoms with Crippen LogP contribution in [0.2, 0.25) is 0 Å². The van der Waals surface area contributed by atoms with Gasteiger partial charge in [-0.05, 0) is 6.42 Å². The summed E-state index contributed by atoms with van der Waals surface area (Å²) in [7, 11) is 0.480. The molecule has 0 aliphatic rings. The minimum atomic E-state index is -0.856. The Balaban J connectivity index is 2.83. The Hall–Kier alpha value is -0.0551. The first kappa shape index (κ1) is 6.94. The fourth-order valence-electron chi connectivity index (χ4n) is 0.166. The third-order valence-electron chi connectivity index (χ3n) is 0.567. The molecule has 2 N–H and O–H groups in total. The number of aliphatic hydroxyl groups is 1. The molecule has 0 saturated heterocycles. The Morgan fingerprint density at radius 2 is 2.43 bits per heavy atom. The summed E-state index contributed by atoms with van der Waals surface area (Å²) in [5.74, 6) is 0. The fraction of sp³-hybridized carbons (Fsp3) is 1.00. The molecular weight excluding hydrogens is 94.8 g/mol. The Labute approximate surface area is 43.2 Å². The second kappa shape index (κ2) is 4.11. The molecule has 0 saturated carbocycles. The van der Waals surface area contributed by atoms with Crippen LogP contribution in [0.25, 0.3) is 0 Å². The molecule has 0 aromatic rings. The van der Waals surface area contributed by atoms with Crippen molar-refractivity contribution in [2.45, 2.75) is 19.6 Å². The lowest BCUT2D eigenvalue weighted by Gasteiger charge is -2.03. The predicted molar refractivity (Wildman–Crippen MR) is 25.4 cm³/mol. The van der Waals surface area contributed by atoms with E-state index in [1.807, 2.05) is 0 Å². The number of hydrogen-bond acceptors (Lipinski definition) is 3. The van der Waals surface area contributed by atoms with Gasteiger partial charge in [0.25, 0.3) is 0 Å². The van der Waals surface area contributed by atoms with E-state index in [0.29, 0.717) is 14.1 Å². The first-order valence-corrected chi connectivity index (χ1v) is 2.10. The van der Waals surface area contributed by atoms with Crippen LogP contribution in [0.15, 0.2) is 0 Å². The predicted octanol–water partition coefficient (Wildman–Crippen LogP) is -0.742. The van der Waals surface area contributed by atoms with Gasteiger partial charge in [0.1, 0.15) is 6.29 Å². The molecule has 0 spiro atoms. The van der Waals surface area contributed by atoms with Crippen LogP contribution in [0, 0.1) is 0 Å². The quantitative estimate of drug-likeness (QED) is 0.365. The first-order valence-electron chi connectivity index (χ1n) is 2.10. The summed E-state index contributed by atoms with van der Waals surface area (Å²) >= 11 is 0. The molecule has 1 unspecified atom stereocenters. The van der Waals surface area contributed by atoms with Crippen LogP contribution in [-0.4, -0.2) is 24.1 Å². The number of hydrogen-bond donors (Lipinski definition) is 2. The minimum Gasteiger partial charge on any atom is -0.429 e. The lowest BCUT2D eigenvalue weighted by Crippen LogP contribution is -2.12. The van der Waals surface area contributed by atoms with Crippen LogP contribution in [-0.2, 0) is 4.65 Å². The van der Waals surface area contributed by atoms with Crippen molar-refractivity contribution in [3.63, 3.8) is 0 Å². The highest BCUT2D eigenvalue weighted by molar-refractivity contribution is 6.15. The van der Waals surface area contributed by atoms with E-state index in [4.69, 9.17) is 10.1 Å². The van der Waals surface area contributed by atoms with Crippen LogP contribution >= 0.6 is 0 Å². The standard InChI is InChI=1S/C3H8BO3/c1-2-3(5)7-4-6/h3,5-6H,2H2,1H3. The molecular formula is C3H8BO3. The largest absolute Gasteiger partial charge is 0.487 e. The zero-order valence-corrected chi connectivity index (χ0v) is 4.16. The summed E-state index contributed by atoms with van der Waals surface area (Å²) in [5, 5.41) is 16.3. The smallest absolute Gasteiger partial charge is 0.429 e. The van der Waals surface area contributed by atoms with Crippen molar-refractivity contribution < 1.29 is 14.8 Å². The molecule has 0 aliphatic heterocycles. The molecule has 0 aromatic heterocycles. The van der Waals surface area contributed by atoms with Crippen molar-refractivity contribution in [3.8, 4) is 0 Å². The van der Waals surface area contributed by atoms with Gasteiger partial charge in [-0.25, -0.2) is 0 Å². The molecule has 4 heteroatoms. The second-order valence-electron chi connectivity index (χ2n) is 1.10. The molecule has 0 amide bonds. The van der Waals surface area contributed by atoms with E-state index in [1.165, 1.54) is 0 Å². The third kappa shape index (κ3) is 3.78. The van der Waals surface area contributed by atoms with Gasteiger partial charge in [-0.2, -0.15) is 0 Å². The average Bonchev–Trinajstić information content (AvgIpc) is 1.68. The van der Waals surface area contributed by atoms with Gasteiger partial charge in [0.05, 0.1) is 0 Å². The summed E-state index contributed by atoms with van der Waals surface area (Å²) < 4.78 is 4.18. The zero-order chi connectivity index (χ0) is 5.70. The highest BCUT2D eigenvalue weighted by Crippen LogP contribution is 1.87. The van der Waals surface area contributed by atoms with Crippen LogP contribution in [0.1, 0.15) is 13.3 Å². The van der Waals surface area contributed by atoms with Crippen LogP contribution < -0.4 is 0 Å². The van der Waals surface area contributed by atoms with E-state index in [9.17, 15) is 0 Å². The Kier molecular flexibility index (Phi) is 4.08. The summed E-state index contributed by atoms with van der Waals surface area (Å²) in [6.07, 6.45) is -0.373. The van der Waals surface area contributed by atoms with Gasteiger partial charge < -0.3 is 14.8 Å². The topological polar surface area (TPSA) is 49.7 Å². The average molecular weight is 103 g/mol. The van der Waals surface area contributed by atoms with E-state index in [1.54, 1.807) is 6.92 Å². The maximum absolute atomic E-state index is 8.44. The van der Waals surface area contributed by atoms with Crippen molar-refractivity contribution in [1.82, 2.24) is 0 Å². The minimum absolute atomic E-state index is 0.480. The van der Waals surface area contributed by atoms with Gasteiger partial charge in [-0.1, -0.05) is 6.92 Å². The summed E-state index contributed by atoms with van der Waals surface area (Å²) in [5.41, 5.74) is 0. The molecule has 0 heterocycles. The molecule has 1 radical (unpaired) electrons. The maximum atomic E-state index is 8.44. The van der Waals surface area contributed by atoms with Crippen LogP contribution in [0.5, 0.6) is 0 Å². The van der Waals surface area contributed by atoms with Gasteiger partial charge in [0, 0.05) is 0 Å². The van der Waals surface area contributed by atoms with E-state index < -0.39 is 6.29 Å². The van der Waals surface area contributed by atoms with Crippen molar-refractivity contribution in [2.75, 3.05) is 0 Å². The van der Waals surface area contributed by atoms with Crippen molar-refractivity contribution >= 4 is 7.69 Å². The molecule has 0 aromatic carbocycles. The maximum Gasteiger partial charge on any atom is 0.487 e. The SMILES string of the molecule is CCC(O)O[B]O. The molecule has 0 aliphatic carbocycles. The van der Waals surface area contributed by atoms with Gasteiger partial charge >= 0.3 is 7.69 Å². The fourth-order valence-corrected chi connectivity index (χ4v) is 0.166. The summed E-state index contributed by atoms with van der Waals surface area (Å²) in [6.45, 7) is 1.74. The van der Waals surface area contributed by atoms with Crippen LogP contribution in [0.3, 0.4) is 0 Å². The van der Waals surface area contributed by atoms with Crippen molar-refractivity contribution in [3.05, 3.63) is 0 Å². The number of aliphatic hydroxyl groups excluding tert-OH is 1. The molecule has 1 atom stereocenters. The lowest BCUT2D eigenvalue weighted by molar-refractivity contribution is -0.0266. The highest BCUT2D eigenvalue weighted by Gasteiger charge is 1.96. The normalized spacial score (nSPS) is 13.6. The van der Waals surface area contributed by atoms with Crippen molar-refractivity contribution in [1.29, 1.82) is 0 Å². The summed E-state index contributed by atoms with van der Waals surface area (Å²) in [4.78, 5) is 0. The third-order valence-corrected chi connectivity index (χ3v) is 0.567. The molecule has 7 heavy (non-hydrogen) atoms. The molecule has 0 bridgehead atoms. The molecule has 41 valence electrons. The Bertz CT molecular complexity index is 41.2. The Morgan fingerprint density at radius 1 is 1.86 bits per heavy atom. The monoisotopic (exact) mass is 103 g/mol. The highest BCUT2D eigenvalue weighted by atomic mass is 16.6. The lowest BCUT2D eigenvalue weighted by atomic mass is 10.4. The Morgan fingerprint density at radius 3 is 2.57 bits per heavy atom. The second-order valence-corrected chi connectivity index (χ2v) is 1.10. The van der Waals surface area contributed by atoms with Crippen molar-refractivity contribution in [2.24, 2.45) is 0 Å². The molecule has 3 nitrogen and oxygen atoms in total. The van der Waals surface area contributed by atoms with Gasteiger partial charge in [0.15, 0.2) is 0 Å². The van der Waals surface area contributed by atoms with Crippen LogP contribution in [0.4, 0.5) is 0 Å². The van der Waals surface area contributed by atoms with E-state index >= 15 is 0 Å². The van der Waals surface area contributed by atoms with E-state index in [-0.39, 0.29) is 0 Å². The van der Waals surface area contributed by atoms with E-state index in [2.05, 4.69) is 4.65 Å². The van der Waals surface area contributed by atoms with E-state index in [0.717, 1.165) is 0 Å². The van der Waals surface area contributed by atoms with Gasteiger partial charge in [-0.15, -0.1) is 0 Å². The number of rotatable bonds is 3. The van der Waals surface area contributed by atoms with Gasteiger partial charge in [0.2, 0.25) is 0 Å². The zero-order valence-electron chi connectivity index (χ0n) is 4.16. The summed E-state index contributed by atoms with van der Waals surface area (Å²) in [6, 6.07) is 0. The molecule has 0 rings (SSSR count). The van der Waals surface area contributed by atoms with Gasteiger partial charge in [-0.3, -0.25) is 0 Å². The first-order chi connectivity index (χ1) is 3.31.